The molecule has 1 aliphatic rings. The zero-order valence-electron chi connectivity index (χ0n) is 12.9. The predicted molar refractivity (Wildman–Crippen MR) is 78.2 cm³/mol. The molecule has 1 aliphatic heterocycles. The summed E-state index contributed by atoms with van der Waals surface area (Å²) in [6.45, 7) is 1.30. The second kappa shape index (κ2) is 6.69. The number of likely N-dealkylation sites (tertiary alicyclic amines) is 1. The van der Waals surface area contributed by atoms with Crippen LogP contribution in [0.1, 0.15) is 30.4 Å². The van der Waals surface area contributed by atoms with E-state index in [0.29, 0.717) is 6.54 Å². The Kier molecular flexibility index (Phi) is 5.11. The van der Waals surface area contributed by atoms with Crippen LogP contribution in [0.25, 0.3) is 0 Å². The standard InChI is InChI=1S/C16H21F3N2O/c1-20(2)15(22)14-5-3-4-10-21(14)11-12-6-8-13(9-7-12)16(17,18)19/h6-9,14H,3-5,10-11H2,1-2H3/t14-/m1/s1. The van der Waals surface area contributed by atoms with Crippen LogP contribution in [0.3, 0.4) is 0 Å². The predicted octanol–water partition coefficient (Wildman–Crippen LogP) is 3.15. The van der Waals surface area contributed by atoms with Crippen LogP contribution in [0.4, 0.5) is 13.2 Å². The highest BCUT2D eigenvalue weighted by molar-refractivity contribution is 5.81. The van der Waals surface area contributed by atoms with Crippen molar-refractivity contribution in [3.8, 4) is 0 Å². The van der Waals surface area contributed by atoms with Crippen LogP contribution in [0.2, 0.25) is 0 Å². The molecule has 1 fully saturated rings. The average molecular weight is 314 g/mol. The number of carbonyl (C=O) groups is 1. The number of amides is 1. The van der Waals surface area contributed by atoms with Crippen molar-refractivity contribution in [2.75, 3.05) is 20.6 Å². The maximum atomic E-state index is 12.6. The van der Waals surface area contributed by atoms with Crippen LogP contribution in [-0.2, 0) is 17.5 Å². The number of rotatable bonds is 3. The van der Waals surface area contributed by atoms with Gasteiger partial charge < -0.3 is 4.90 Å². The van der Waals surface area contributed by atoms with E-state index in [2.05, 4.69) is 4.90 Å². The summed E-state index contributed by atoms with van der Waals surface area (Å²) in [5.74, 6) is 0.0617. The quantitative estimate of drug-likeness (QED) is 0.856. The first-order valence-corrected chi connectivity index (χ1v) is 7.40. The van der Waals surface area contributed by atoms with E-state index in [4.69, 9.17) is 0 Å². The minimum atomic E-state index is -4.31. The van der Waals surface area contributed by atoms with E-state index in [-0.39, 0.29) is 11.9 Å². The topological polar surface area (TPSA) is 23.6 Å². The van der Waals surface area contributed by atoms with Gasteiger partial charge in [-0.2, -0.15) is 13.2 Å². The summed E-state index contributed by atoms with van der Waals surface area (Å²) in [5.41, 5.74) is 0.155. The third-order valence-electron chi connectivity index (χ3n) is 4.01. The van der Waals surface area contributed by atoms with Crippen molar-refractivity contribution in [2.45, 2.75) is 38.0 Å². The minimum Gasteiger partial charge on any atom is -0.347 e. The van der Waals surface area contributed by atoms with Gasteiger partial charge in [0.2, 0.25) is 5.91 Å². The number of alkyl halides is 3. The summed E-state index contributed by atoms with van der Waals surface area (Å²) >= 11 is 0. The van der Waals surface area contributed by atoms with Gasteiger partial charge in [-0.25, -0.2) is 0 Å². The Balaban J connectivity index is 2.09. The Labute approximate surface area is 128 Å². The summed E-state index contributed by atoms with van der Waals surface area (Å²) in [6, 6.07) is 5.01. The summed E-state index contributed by atoms with van der Waals surface area (Å²) in [5, 5.41) is 0. The van der Waals surface area contributed by atoms with Crippen molar-refractivity contribution in [1.82, 2.24) is 9.80 Å². The highest BCUT2D eigenvalue weighted by atomic mass is 19.4. The van der Waals surface area contributed by atoms with Crippen LogP contribution in [0.5, 0.6) is 0 Å². The van der Waals surface area contributed by atoms with Gasteiger partial charge in [-0.1, -0.05) is 18.6 Å². The molecule has 1 aromatic carbocycles. The maximum Gasteiger partial charge on any atom is 0.416 e. The number of piperidine rings is 1. The van der Waals surface area contributed by atoms with Crippen LogP contribution in [0.15, 0.2) is 24.3 Å². The third kappa shape index (κ3) is 4.00. The third-order valence-corrected chi connectivity index (χ3v) is 4.01. The molecule has 2 rings (SSSR count). The van der Waals surface area contributed by atoms with Crippen LogP contribution in [-0.4, -0.2) is 42.4 Å². The molecule has 3 nitrogen and oxygen atoms in total. The van der Waals surface area contributed by atoms with Gasteiger partial charge in [-0.15, -0.1) is 0 Å². The molecular weight excluding hydrogens is 293 g/mol. The highest BCUT2D eigenvalue weighted by Gasteiger charge is 2.31. The van der Waals surface area contributed by atoms with E-state index in [1.807, 2.05) is 0 Å². The number of likely N-dealkylation sites (N-methyl/N-ethyl adjacent to an activating group) is 1. The molecule has 0 aliphatic carbocycles. The Morgan fingerprint density at radius 1 is 1.23 bits per heavy atom. The normalized spacial score (nSPS) is 20.0. The fourth-order valence-electron chi connectivity index (χ4n) is 2.79. The summed E-state index contributed by atoms with van der Waals surface area (Å²) < 4.78 is 37.7. The summed E-state index contributed by atoms with van der Waals surface area (Å²) in [4.78, 5) is 15.9. The average Bonchev–Trinajstić information content (AvgIpc) is 2.46. The first-order valence-electron chi connectivity index (χ1n) is 7.40. The second-order valence-corrected chi connectivity index (χ2v) is 5.91. The van der Waals surface area contributed by atoms with E-state index < -0.39 is 11.7 Å². The Hall–Kier alpha value is -1.56. The van der Waals surface area contributed by atoms with Crippen LogP contribution < -0.4 is 0 Å². The first kappa shape index (κ1) is 16.8. The molecule has 22 heavy (non-hydrogen) atoms. The number of carbonyl (C=O) groups excluding carboxylic acids is 1. The molecule has 0 unspecified atom stereocenters. The number of nitrogens with zero attached hydrogens (tertiary/aromatic N) is 2. The molecule has 0 saturated carbocycles. The molecule has 0 radical (unpaired) electrons. The van der Waals surface area contributed by atoms with Crippen LogP contribution >= 0.6 is 0 Å². The summed E-state index contributed by atoms with van der Waals surface area (Å²) in [6.07, 6.45) is -1.49. The molecule has 122 valence electrons. The lowest BCUT2D eigenvalue weighted by atomic mass is 10.00. The first-order chi connectivity index (χ1) is 10.3. The van der Waals surface area contributed by atoms with Gasteiger partial charge in [-0.3, -0.25) is 9.69 Å². The van der Waals surface area contributed by atoms with Gasteiger partial charge in [0.25, 0.3) is 0 Å². The SMILES string of the molecule is CN(C)C(=O)[C@H]1CCCCN1Cc1ccc(C(F)(F)F)cc1. The highest BCUT2D eigenvalue weighted by Crippen LogP contribution is 2.29. The van der Waals surface area contributed by atoms with Gasteiger partial charge in [0, 0.05) is 20.6 Å². The van der Waals surface area contributed by atoms with Crippen LogP contribution in [0, 0.1) is 0 Å². The zero-order valence-corrected chi connectivity index (χ0v) is 12.9. The molecule has 6 heteroatoms. The number of benzene rings is 1. The number of halogens is 3. The lowest BCUT2D eigenvalue weighted by Gasteiger charge is -2.36. The van der Waals surface area contributed by atoms with E-state index in [1.165, 1.54) is 12.1 Å². The Morgan fingerprint density at radius 2 is 1.86 bits per heavy atom. The van der Waals surface area contributed by atoms with Crippen molar-refractivity contribution in [2.24, 2.45) is 0 Å². The monoisotopic (exact) mass is 314 g/mol. The van der Waals surface area contributed by atoms with E-state index in [1.54, 1.807) is 19.0 Å². The van der Waals surface area contributed by atoms with E-state index in [0.717, 1.165) is 43.5 Å². The fourth-order valence-corrected chi connectivity index (χ4v) is 2.79. The molecule has 1 heterocycles. The number of hydrogen-bond donors (Lipinski definition) is 0. The van der Waals surface area contributed by atoms with Gasteiger partial charge in [0.1, 0.15) is 0 Å². The van der Waals surface area contributed by atoms with Gasteiger partial charge >= 0.3 is 6.18 Å². The fraction of sp³-hybridized carbons (Fsp3) is 0.562. The Morgan fingerprint density at radius 3 is 2.41 bits per heavy atom. The summed E-state index contributed by atoms with van der Waals surface area (Å²) in [7, 11) is 3.46. The smallest absolute Gasteiger partial charge is 0.347 e. The van der Waals surface area contributed by atoms with Gasteiger partial charge in [0.05, 0.1) is 11.6 Å². The molecule has 0 bridgehead atoms. The molecule has 0 aromatic heterocycles. The van der Waals surface area contributed by atoms with Gasteiger partial charge in [-0.05, 0) is 37.1 Å². The molecule has 0 N–H and O–H groups in total. The van der Waals surface area contributed by atoms with Gasteiger partial charge in [0.15, 0.2) is 0 Å². The molecule has 0 spiro atoms. The Bertz CT molecular complexity index is 511. The van der Waals surface area contributed by atoms with Crippen molar-refractivity contribution in [3.05, 3.63) is 35.4 Å². The molecule has 1 amide bonds. The van der Waals surface area contributed by atoms with E-state index in [9.17, 15) is 18.0 Å². The maximum absolute atomic E-state index is 12.6. The lowest BCUT2D eigenvalue weighted by Crippen LogP contribution is -2.48. The van der Waals surface area contributed by atoms with Crippen molar-refractivity contribution in [1.29, 1.82) is 0 Å². The van der Waals surface area contributed by atoms with Crippen molar-refractivity contribution < 1.29 is 18.0 Å². The van der Waals surface area contributed by atoms with Crippen molar-refractivity contribution >= 4 is 5.91 Å². The lowest BCUT2D eigenvalue weighted by molar-refractivity contribution is -0.137. The molecule has 1 aromatic rings. The minimum absolute atomic E-state index is 0.0617. The molecular formula is C16H21F3N2O. The molecule has 1 saturated heterocycles. The molecule has 1 atom stereocenters. The zero-order chi connectivity index (χ0) is 16.3. The van der Waals surface area contributed by atoms with Crippen molar-refractivity contribution in [3.63, 3.8) is 0 Å². The largest absolute Gasteiger partial charge is 0.416 e. The number of hydrogen-bond acceptors (Lipinski definition) is 2. The second-order valence-electron chi connectivity index (χ2n) is 5.91. The van der Waals surface area contributed by atoms with E-state index >= 15 is 0 Å².